The second-order valence-corrected chi connectivity index (χ2v) is 6.53. The van der Waals surface area contributed by atoms with Crippen LogP contribution in [-0.4, -0.2) is 31.0 Å². The van der Waals surface area contributed by atoms with Gasteiger partial charge in [0.15, 0.2) is 0 Å². The van der Waals surface area contributed by atoms with Gasteiger partial charge in [-0.05, 0) is 44.0 Å². The lowest BCUT2D eigenvalue weighted by atomic mass is 10.1. The fourth-order valence-corrected chi connectivity index (χ4v) is 3.02. The molecule has 0 atom stereocenters. The maximum atomic E-state index is 12.5. The molecule has 4 heteroatoms. The molecule has 0 aliphatic carbocycles. The Kier molecular flexibility index (Phi) is 5.84. The highest BCUT2D eigenvalue weighted by Gasteiger charge is 2.11. The van der Waals surface area contributed by atoms with E-state index in [9.17, 15) is 4.79 Å². The van der Waals surface area contributed by atoms with Crippen LogP contribution in [0, 0.1) is 6.92 Å². The zero-order valence-electron chi connectivity index (χ0n) is 15.4. The molecule has 2 aromatic carbocycles. The number of aromatic nitrogens is 1. The molecular weight excluding hydrogens is 322 g/mol. The maximum Gasteiger partial charge on any atom is 0.253 e. The normalized spacial score (nSPS) is 10.7. The molecule has 134 valence electrons. The first-order valence-corrected chi connectivity index (χ1v) is 9.06. The minimum absolute atomic E-state index is 0.0443. The standard InChI is InChI=1S/C22H25N3O/c1-17-20(16-18-10-6-7-13-21(18)24-17)22(26)23-14-8-9-15-25(2)19-11-4-3-5-12-19/h3-7,10-13,16H,8-9,14-15H2,1-2H3,(H,23,26). The highest BCUT2D eigenvalue weighted by Crippen LogP contribution is 2.16. The number of amides is 1. The SMILES string of the molecule is Cc1nc2ccccc2cc1C(=O)NCCCCN(C)c1ccccc1. The number of anilines is 1. The Labute approximate surface area is 154 Å². The number of carbonyl (C=O) groups excluding carboxylic acids is 1. The first-order valence-electron chi connectivity index (χ1n) is 9.06. The lowest BCUT2D eigenvalue weighted by Crippen LogP contribution is -2.26. The first kappa shape index (κ1) is 17.9. The van der Waals surface area contributed by atoms with Gasteiger partial charge >= 0.3 is 0 Å². The molecule has 3 aromatic rings. The summed E-state index contributed by atoms with van der Waals surface area (Å²) in [5.74, 6) is -0.0443. The minimum atomic E-state index is -0.0443. The summed E-state index contributed by atoms with van der Waals surface area (Å²) >= 11 is 0. The van der Waals surface area contributed by atoms with Crippen LogP contribution in [0.1, 0.15) is 28.9 Å². The quantitative estimate of drug-likeness (QED) is 0.652. The molecule has 0 aliphatic rings. The van der Waals surface area contributed by atoms with Gasteiger partial charge in [-0.2, -0.15) is 0 Å². The smallest absolute Gasteiger partial charge is 0.253 e. The van der Waals surface area contributed by atoms with Crippen LogP contribution in [-0.2, 0) is 0 Å². The van der Waals surface area contributed by atoms with Crippen LogP contribution in [0.25, 0.3) is 10.9 Å². The third-order valence-electron chi connectivity index (χ3n) is 4.56. The Bertz CT molecular complexity index is 877. The molecular formula is C22H25N3O. The lowest BCUT2D eigenvalue weighted by molar-refractivity contribution is 0.0952. The third-order valence-corrected chi connectivity index (χ3v) is 4.56. The van der Waals surface area contributed by atoms with Gasteiger partial charge in [-0.25, -0.2) is 0 Å². The molecule has 4 nitrogen and oxygen atoms in total. The number of nitrogens with one attached hydrogen (secondary N) is 1. The van der Waals surface area contributed by atoms with Crippen molar-refractivity contribution in [3.8, 4) is 0 Å². The van der Waals surface area contributed by atoms with Crippen molar-refractivity contribution in [3.05, 3.63) is 71.9 Å². The van der Waals surface area contributed by atoms with E-state index in [1.165, 1.54) is 5.69 Å². The zero-order chi connectivity index (χ0) is 18.4. The highest BCUT2D eigenvalue weighted by molar-refractivity contribution is 5.98. The van der Waals surface area contributed by atoms with E-state index in [1.54, 1.807) is 0 Å². The van der Waals surface area contributed by atoms with Gasteiger partial charge in [0, 0.05) is 31.2 Å². The summed E-state index contributed by atoms with van der Waals surface area (Å²) < 4.78 is 0. The average Bonchev–Trinajstić information content (AvgIpc) is 2.67. The van der Waals surface area contributed by atoms with Gasteiger partial charge in [0.2, 0.25) is 0 Å². The molecule has 0 saturated heterocycles. The molecule has 0 aliphatic heterocycles. The number of pyridine rings is 1. The number of hydrogen-bond donors (Lipinski definition) is 1. The van der Waals surface area contributed by atoms with Gasteiger partial charge in [0.1, 0.15) is 0 Å². The first-order chi connectivity index (χ1) is 12.6. The van der Waals surface area contributed by atoms with E-state index in [-0.39, 0.29) is 5.91 Å². The number of rotatable bonds is 7. The Morgan fingerprint density at radius 1 is 1.04 bits per heavy atom. The molecule has 1 amide bonds. The molecule has 26 heavy (non-hydrogen) atoms. The van der Waals surface area contributed by atoms with Crippen LogP contribution >= 0.6 is 0 Å². The van der Waals surface area contributed by atoms with E-state index in [2.05, 4.69) is 34.4 Å². The van der Waals surface area contributed by atoms with Gasteiger partial charge in [-0.1, -0.05) is 36.4 Å². The molecule has 0 spiro atoms. The number of benzene rings is 2. The second-order valence-electron chi connectivity index (χ2n) is 6.53. The Hall–Kier alpha value is -2.88. The zero-order valence-corrected chi connectivity index (χ0v) is 15.4. The number of aryl methyl sites for hydroxylation is 1. The van der Waals surface area contributed by atoms with Crippen molar-refractivity contribution in [2.45, 2.75) is 19.8 Å². The van der Waals surface area contributed by atoms with Crippen molar-refractivity contribution < 1.29 is 4.79 Å². The second kappa shape index (κ2) is 8.48. The molecule has 0 unspecified atom stereocenters. The summed E-state index contributed by atoms with van der Waals surface area (Å²) in [6, 6.07) is 20.1. The Balaban J connectivity index is 1.48. The van der Waals surface area contributed by atoms with Gasteiger partial charge in [-0.3, -0.25) is 9.78 Å². The average molecular weight is 347 g/mol. The van der Waals surface area contributed by atoms with Crippen LogP contribution in [0.2, 0.25) is 0 Å². The van der Waals surface area contributed by atoms with Crippen molar-refractivity contribution in [2.24, 2.45) is 0 Å². The highest BCUT2D eigenvalue weighted by atomic mass is 16.1. The number of nitrogens with zero attached hydrogens (tertiary/aromatic N) is 2. The van der Waals surface area contributed by atoms with Gasteiger partial charge in [0.05, 0.1) is 16.8 Å². The van der Waals surface area contributed by atoms with E-state index >= 15 is 0 Å². The monoisotopic (exact) mass is 347 g/mol. The topological polar surface area (TPSA) is 45.2 Å². The van der Waals surface area contributed by atoms with Crippen molar-refractivity contribution in [2.75, 3.05) is 25.0 Å². The van der Waals surface area contributed by atoms with Crippen molar-refractivity contribution in [1.82, 2.24) is 10.3 Å². The van der Waals surface area contributed by atoms with E-state index in [0.717, 1.165) is 36.0 Å². The Morgan fingerprint density at radius 2 is 1.77 bits per heavy atom. The van der Waals surface area contributed by atoms with Crippen LogP contribution in [0.4, 0.5) is 5.69 Å². The fourth-order valence-electron chi connectivity index (χ4n) is 3.02. The number of hydrogen-bond acceptors (Lipinski definition) is 3. The minimum Gasteiger partial charge on any atom is -0.375 e. The summed E-state index contributed by atoms with van der Waals surface area (Å²) in [6.07, 6.45) is 1.98. The van der Waals surface area contributed by atoms with Gasteiger partial charge in [0.25, 0.3) is 5.91 Å². The van der Waals surface area contributed by atoms with Gasteiger partial charge in [-0.15, -0.1) is 0 Å². The van der Waals surface area contributed by atoms with Crippen LogP contribution in [0.3, 0.4) is 0 Å². The number of fused-ring (bicyclic) bond motifs is 1. The maximum absolute atomic E-state index is 12.5. The summed E-state index contributed by atoms with van der Waals surface area (Å²) in [5.41, 5.74) is 3.56. The van der Waals surface area contributed by atoms with Crippen LogP contribution in [0.5, 0.6) is 0 Å². The molecule has 3 rings (SSSR count). The number of carbonyl (C=O) groups is 1. The molecule has 0 bridgehead atoms. The molecule has 1 aromatic heterocycles. The van der Waals surface area contributed by atoms with Crippen molar-refractivity contribution >= 4 is 22.5 Å². The number of unbranched alkanes of at least 4 members (excludes halogenated alkanes) is 1. The lowest BCUT2D eigenvalue weighted by Gasteiger charge is -2.19. The largest absolute Gasteiger partial charge is 0.375 e. The van der Waals surface area contributed by atoms with Crippen LogP contribution < -0.4 is 10.2 Å². The predicted octanol–water partition coefficient (Wildman–Crippen LogP) is 4.19. The number of para-hydroxylation sites is 2. The van der Waals surface area contributed by atoms with E-state index < -0.39 is 0 Å². The fraction of sp³-hybridized carbons (Fsp3) is 0.273. The van der Waals surface area contributed by atoms with E-state index in [1.807, 2.05) is 55.5 Å². The van der Waals surface area contributed by atoms with Crippen molar-refractivity contribution in [1.29, 1.82) is 0 Å². The molecule has 0 fully saturated rings. The summed E-state index contributed by atoms with van der Waals surface area (Å²) in [7, 11) is 2.10. The molecule has 0 saturated carbocycles. The van der Waals surface area contributed by atoms with Crippen LogP contribution in [0.15, 0.2) is 60.7 Å². The van der Waals surface area contributed by atoms with E-state index in [4.69, 9.17) is 0 Å². The Morgan fingerprint density at radius 3 is 2.58 bits per heavy atom. The predicted molar refractivity (Wildman–Crippen MR) is 108 cm³/mol. The van der Waals surface area contributed by atoms with Crippen molar-refractivity contribution in [3.63, 3.8) is 0 Å². The molecule has 1 N–H and O–H groups in total. The van der Waals surface area contributed by atoms with E-state index in [0.29, 0.717) is 12.1 Å². The summed E-state index contributed by atoms with van der Waals surface area (Å²) in [4.78, 5) is 19.2. The summed E-state index contributed by atoms with van der Waals surface area (Å²) in [6.45, 7) is 3.53. The third kappa shape index (κ3) is 4.39. The van der Waals surface area contributed by atoms with Gasteiger partial charge < -0.3 is 10.2 Å². The molecule has 1 heterocycles. The summed E-state index contributed by atoms with van der Waals surface area (Å²) in [5, 5.41) is 4.01. The molecule has 0 radical (unpaired) electrons.